The van der Waals surface area contributed by atoms with Crippen LogP contribution in [0, 0.1) is 19.7 Å². The summed E-state index contributed by atoms with van der Waals surface area (Å²) < 4.78 is 15.4. The number of nitrogens with zero attached hydrogens (tertiary/aromatic N) is 3. The molecule has 2 heterocycles. The van der Waals surface area contributed by atoms with Crippen LogP contribution in [0.25, 0.3) is 0 Å². The zero-order valence-corrected chi connectivity index (χ0v) is 13.8. The average molecular weight is 330 g/mol. The van der Waals surface area contributed by atoms with E-state index < -0.39 is 6.10 Å². The van der Waals surface area contributed by atoms with Crippen LogP contribution in [0.3, 0.4) is 0 Å². The number of hydrogen-bond acceptors (Lipinski definition) is 4. The van der Waals surface area contributed by atoms with E-state index in [9.17, 15) is 9.18 Å². The fraction of sp³-hybridized carbons (Fsp3) is 0.353. The van der Waals surface area contributed by atoms with Crippen LogP contribution in [0.1, 0.15) is 30.2 Å². The molecule has 7 heteroatoms. The van der Waals surface area contributed by atoms with Gasteiger partial charge in [-0.2, -0.15) is 5.10 Å². The van der Waals surface area contributed by atoms with Crippen molar-refractivity contribution in [3.05, 3.63) is 47.0 Å². The quantitative estimate of drug-likeness (QED) is 0.937. The van der Waals surface area contributed by atoms with Crippen LogP contribution in [0.15, 0.2) is 29.6 Å². The summed E-state index contributed by atoms with van der Waals surface area (Å²) in [5, 5.41) is 11.0. The average Bonchev–Trinajstić information content (AvgIpc) is 3.17. The Kier molecular flexibility index (Phi) is 4.33. The molecule has 1 aromatic carbocycles. The number of carbonyl (C=O) groups excluding carboxylic acids is 1. The standard InChI is InChI=1S/C17H19FN4O2/c1-4-22-9-13(11(3)20-22)15-8-16(24-21-15)17(23)19-12-6-5-10(2)14(18)7-12/h5-7,9,16H,4,8H2,1-3H3,(H,19,23). The van der Waals surface area contributed by atoms with E-state index in [0.717, 1.165) is 17.8 Å². The van der Waals surface area contributed by atoms with E-state index in [0.29, 0.717) is 23.4 Å². The summed E-state index contributed by atoms with van der Waals surface area (Å²) in [6, 6.07) is 4.56. The van der Waals surface area contributed by atoms with Gasteiger partial charge in [-0.15, -0.1) is 0 Å². The topological polar surface area (TPSA) is 68.5 Å². The molecule has 1 aromatic heterocycles. The van der Waals surface area contributed by atoms with Crippen molar-refractivity contribution in [3.8, 4) is 0 Å². The first kappa shape index (κ1) is 16.2. The predicted octanol–water partition coefficient (Wildman–Crippen LogP) is 2.79. The van der Waals surface area contributed by atoms with Crippen molar-refractivity contribution in [3.63, 3.8) is 0 Å². The van der Waals surface area contributed by atoms with Gasteiger partial charge in [0.05, 0.1) is 11.4 Å². The van der Waals surface area contributed by atoms with Gasteiger partial charge < -0.3 is 10.2 Å². The highest BCUT2D eigenvalue weighted by molar-refractivity contribution is 6.06. The lowest BCUT2D eigenvalue weighted by Gasteiger charge is -2.10. The number of aromatic nitrogens is 2. The maximum absolute atomic E-state index is 13.6. The fourth-order valence-corrected chi connectivity index (χ4v) is 2.53. The molecule has 0 bridgehead atoms. The molecule has 3 rings (SSSR count). The predicted molar refractivity (Wildman–Crippen MR) is 88.4 cm³/mol. The third-order valence-electron chi connectivity index (χ3n) is 3.98. The Bertz CT molecular complexity index is 813. The van der Waals surface area contributed by atoms with Gasteiger partial charge in [-0.05, 0) is 38.5 Å². The molecule has 0 saturated carbocycles. The highest BCUT2D eigenvalue weighted by atomic mass is 19.1. The van der Waals surface area contributed by atoms with Gasteiger partial charge in [0, 0.05) is 30.4 Å². The highest BCUT2D eigenvalue weighted by Crippen LogP contribution is 2.21. The number of halogens is 1. The van der Waals surface area contributed by atoms with Crippen molar-refractivity contribution in [2.45, 2.75) is 39.8 Å². The maximum atomic E-state index is 13.6. The first-order valence-corrected chi connectivity index (χ1v) is 7.82. The zero-order valence-electron chi connectivity index (χ0n) is 13.8. The molecule has 0 saturated heterocycles. The molecule has 0 radical (unpaired) electrons. The molecular weight excluding hydrogens is 311 g/mol. The molecule has 6 nitrogen and oxygen atoms in total. The first-order chi connectivity index (χ1) is 11.5. The van der Waals surface area contributed by atoms with Crippen molar-refractivity contribution < 1.29 is 14.0 Å². The van der Waals surface area contributed by atoms with Crippen molar-refractivity contribution >= 4 is 17.3 Å². The fourth-order valence-electron chi connectivity index (χ4n) is 2.53. The molecule has 0 aliphatic carbocycles. The Hall–Kier alpha value is -2.70. The van der Waals surface area contributed by atoms with Crippen LogP contribution < -0.4 is 5.32 Å². The normalized spacial score (nSPS) is 16.7. The molecule has 0 spiro atoms. The van der Waals surface area contributed by atoms with E-state index in [2.05, 4.69) is 15.6 Å². The van der Waals surface area contributed by atoms with Crippen LogP contribution in [0.2, 0.25) is 0 Å². The lowest BCUT2D eigenvalue weighted by atomic mass is 10.1. The second kappa shape index (κ2) is 6.43. The second-order valence-electron chi connectivity index (χ2n) is 5.77. The van der Waals surface area contributed by atoms with Crippen molar-refractivity contribution in [2.24, 2.45) is 5.16 Å². The van der Waals surface area contributed by atoms with Gasteiger partial charge >= 0.3 is 0 Å². The van der Waals surface area contributed by atoms with E-state index in [-0.39, 0.29) is 11.7 Å². The third kappa shape index (κ3) is 3.15. The Balaban J connectivity index is 1.66. The first-order valence-electron chi connectivity index (χ1n) is 7.82. The molecule has 126 valence electrons. The van der Waals surface area contributed by atoms with Gasteiger partial charge in [0.1, 0.15) is 5.82 Å². The van der Waals surface area contributed by atoms with E-state index >= 15 is 0 Å². The summed E-state index contributed by atoms with van der Waals surface area (Å²) in [4.78, 5) is 17.5. The van der Waals surface area contributed by atoms with E-state index in [4.69, 9.17) is 4.84 Å². The van der Waals surface area contributed by atoms with Gasteiger partial charge in [-0.25, -0.2) is 4.39 Å². The number of amides is 1. The van der Waals surface area contributed by atoms with Crippen LogP contribution in [-0.4, -0.2) is 27.5 Å². The molecule has 24 heavy (non-hydrogen) atoms. The lowest BCUT2D eigenvalue weighted by Crippen LogP contribution is -2.28. The Morgan fingerprint density at radius 3 is 2.92 bits per heavy atom. The minimum absolute atomic E-state index is 0.350. The monoisotopic (exact) mass is 330 g/mol. The molecular formula is C17H19FN4O2. The number of oxime groups is 1. The molecule has 1 N–H and O–H groups in total. The molecule has 0 fully saturated rings. The SMILES string of the molecule is CCn1cc(C2=NOC(C(=O)Nc3ccc(C)c(F)c3)C2)c(C)n1. The molecule has 1 aliphatic heterocycles. The molecule has 2 aromatic rings. The molecule has 1 aliphatic rings. The zero-order chi connectivity index (χ0) is 17.3. The Morgan fingerprint density at radius 2 is 2.25 bits per heavy atom. The van der Waals surface area contributed by atoms with Crippen LogP contribution in [0.4, 0.5) is 10.1 Å². The summed E-state index contributed by atoms with van der Waals surface area (Å²) in [7, 11) is 0. The lowest BCUT2D eigenvalue weighted by molar-refractivity contribution is -0.125. The minimum atomic E-state index is -0.728. The van der Waals surface area contributed by atoms with E-state index in [1.54, 1.807) is 19.1 Å². The van der Waals surface area contributed by atoms with E-state index in [1.165, 1.54) is 6.07 Å². The number of aryl methyl sites for hydroxylation is 3. The van der Waals surface area contributed by atoms with E-state index in [1.807, 2.05) is 24.7 Å². The third-order valence-corrected chi connectivity index (χ3v) is 3.98. The number of rotatable bonds is 4. The van der Waals surface area contributed by atoms with Gasteiger partial charge in [0.25, 0.3) is 5.91 Å². The van der Waals surface area contributed by atoms with Crippen molar-refractivity contribution in [1.82, 2.24) is 9.78 Å². The van der Waals surface area contributed by atoms with Gasteiger partial charge in [-0.1, -0.05) is 11.2 Å². The number of benzene rings is 1. The van der Waals surface area contributed by atoms with Crippen molar-refractivity contribution in [1.29, 1.82) is 0 Å². The summed E-state index contributed by atoms with van der Waals surface area (Å²) in [5.74, 6) is -0.711. The summed E-state index contributed by atoms with van der Waals surface area (Å²) in [5.41, 5.74) is 3.35. The smallest absolute Gasteiger partial charge is 0.268 e. The number of carbonyl (C=O) groups is 1. The number of hydrogen-bond donors (Lipinski definition) is 1. The molecule has 1 atom stereocenters. The number of anilines is 1. The summed E-state index contributed by atoms with van der Waals surface area (Å²) in [6.07, 6.45) is 1.53. The number of nitrogens with one attached hydrogen (secondary N) is 1. The Labute approximate surface area is 139 Å². The van der Waals surface area contributed by atoms with Gasteiger partial charge in [0.15, 0.2) is 0 Å². The van der Waals surface area contributed by atoms with Crippen LogP contribution >= 0.6 is 0 Å². The highest BCUT2D eigenvalue weighted by Gasteiger charge is 2.30. The van der Waals surface area contributed by atoms with Gasteiger partial charge in [0.2, 0.25) is 6.10 Å². The molecule has 1 unspecified atom stereocenters. The molecule has 1 amide bonds. The van der Waals surface area contributed by atoms with Gasteiger partial charge in [-0.3, -0.25) is 9.48 Å². The summed E-state index contributed by atoms with van der Waals surface area (Å²) >= 11 is 0. The Morgan fingerprint density at radius 1 is 1.46 bits per heavy atom. The van der Waals surface area contributed by atoms with Crippen LogP contribution in [0.5, 0.6) is 0 Å². The summed E-state index contributed by atoms with van der Waals surface area (Å²) in [6.45, 7) is 6.32. The largest absolute Gasteiger partial charge is 0.382 e. The maximum Gasteiger partial charge on any atom is 0.268 e. The minimum Gasteiger partial charge on any atom is -0.382 e. The second-order valence-corrected chi connectivity index (χ2v) is 5.77. The van der Waals surface area contributed by atoms with Crippen LogP contribution in [-0.2, 0) is 16.2 Å². The van der Waals surface area contributed by atoms with Crippen molar-refractivity contribution in [2.75, 3.05) is 5.32 Å².